The Labute approximate surface area is 122 Å². The van der Waals surface area contributed by atoms with E-state index in [1.165, 1.54) is 25.3 Å². The SMILES string of the molecule is COC(=O)c1ccc(F)c(NCCOC2(C#N)CCC2)c1. The van der Waals surface area contributed by atoms with E-state index in [9.17, 15) is 9.18 Å². The van der Waals surface area contributed by atoms with Crippen molar-refractivity contribution in [3.8, 4) is 6.07 Å². The Bertz CT molecular complexity index is 565. The van der Waals surface area contributed by atoms with Gasteiger partial charge in [-0.1, -0.05) is 0 Å². The van der Waals surface area contributed by atoms with E-state index in [2.05, 4.69) is 16.1 Å². The molecule has 1 N–H and O–H groups in total. The highest BCUT2D eigenvalue weighted by Crippen LogP contribution is 2.34. The molecule has 1 aliphatic carbocycles. The van der Waals surface area contributed by atoms with E-state index in [1.807, 2.05) is 0 Å². The number of hydrogen-bond donors (Lipinski definition) is 1. The second-order valence-corrected chi connectivity index (χ2v) is 4.92. The van der Waals surface area contributed by atoms with Gasteiger partial charge < -0.3 is 14.8 Å². The summed E-state index contributed by atoms with van der Waals surface area (Å²) < 4.78 is 23.8. The molecule has 0 unspecified atom stereocenters. The molecule has 21 heavy (non-hydrogen) atoms. The van der Waals surface area contributed by atoms with Gasteiger partial charge in [0.05, 0.1) is 31.0 Å². The van der Waals surface area contributed by atoms with Gasteiger partial charge in [-0.15, -0.1) is 0 Å². The van der Waals surface area contributed by atoms with E-state index in [0.29, 0.717) is 13.2 Å². The third-order valence-electron chi connectivity index (χ3n) is 3.55. The summed E-state index contributed by atoms with van der Waals surface area (Å²) in [6, 6.07) is 6.13. The van der Waals surface area contributed by atoms with Crippen LogP contribution in [0.4, 0.5) is 10.1 Å². The lowest BCUT2D eigenvalue weighted by atomic mass is 9.81. The molecule has 1 aromatic carbocycles. The number of benzene rings is 1. The van der Waals surface area contributed by atoms with E-state index in [4.69, 9.17) is 10.00 Å². The van der Waals surface area contributed by atoms with Gasteiger partial charge in [-0.05, 0) is 37.5 Å². The lowest BCUT2D eigenvalue weighted by Crippen LogP contribution is -2.39. The third-order valence-corrected chi connectivity index (χ3v) is 3.55. The number of nitrogens with one attached hydrogen (secondary N) is 1. The number of carbonyl (C=O) groups excluding carboxylic acids is 1. The first-order chi connectivity index (χ1) is 10.1. The van der Waals surface area contributed by atoms with Gasteiger partial charge in [0.1, 0.15) is 5.82 Å². The molecule has 0 amide bonds. The van der Waals surface area contributed by atoms with Crippen molar-refractivity contribution in [2.24, 2.45) is 0 Å². The molecule has 2 rings (SSSR count). The van der Waals surface area contributed by atoms with Crippen molar-refractivity contribution in [3.63, 3.8) is 0 Å². The number of hydrogen-bond acceptors (Lipinski definition) is 5. The average Bonchev–Trinajstić information content (AvgIpc) is 2.46. The Hall–Kier alpha value is -2.13. The van der Waals surface area contributed by atoms with Crippen LogP contribution in [-0.2, 0) is 9.47 Å². The Morgan fingerprint density at radius 1 is 1.52 bits per heavy atom. The molecule has 5 nitrogen and oxygen atoms in total. The summed E-state index contributed by atoms with van der Waals surface area (Å²) in [6.07, 6.45) is 2.49. The lowest BCUT2D eigenvalue weighted by molar-refractivity contribution is -0.0512. The van der Waals surface area contributed by atoms with Gasteiger partial charge in [0.2, 0.25) is 0 Å². The molecule has 0 aromatic heterocycles. The summed E-state index contributed by atoms with van der Waals surface area (Å²) in [5, 5.41) is 11.9. The van der Waals surface area contributed by atoms with Crippen molar-refractivity contribution in [2.45, 2.75) is 24.9 Å². The largest absolute Gasteiger partial charge is 0.465 e. The van der Waals surface area contributed by atoms with Crippen LogP contribution >= 0.6 is 0 Å². The number of rotatable bonds is 6. The summed E-state index contributed by atoms with van der Waals surface area (Å²) in [4.78, 5) is 11.4. The van der Waals surface area contributed by atoms with E-state index >= 15 is 0 Å². The Balaban J connectivity index is 1.88. The zero-order chi connectivity index (χ0) is 15.3. The van der Waals surface area contributed by atoms with Crippen molar-refractivity contribution in [1.82, 2.24) is 0 Å². The molecule has 6 heteroatoms. The van der Waals surface area contributed by atoms with Gasteiger partial charge in [0, 0.05) is 6.54 Å². The predicted octanol–water partition coefficient (Wildman–Crippen LogP) is 2.49. The zero-order valence-corrected chi connectivity index (χ0v) is 11.8. The molecular formula is C15H17FN2O3. The van der Waals surface area contributed by atoms with Gasteiger partial charge in [-0.3, -0.25) is 0 Å². The minimum absolute atomic E-state index is 0.209. The standard InChI is InChI=1S/C15H17FN2O3/c1-20-14(19)11-3-4-12(16)13(9-11)18-7-8-21-15(10-17)5-2-6-15/h3-4,9,18H,2,5-8H2,1H3. The van der Waals surface area contributed by atoms with Crippen molar-refractivity contribution >= 4 is 11.7 Å². The first kappa shape index (κ1) is 15.3. The molecule has 0 bridgehead atoms. The number of halogens is 1. The van der Waals surface area contributed by atoms with Gasteiger partial charge in [0.15, 0.2) is 5.60 Å². The number of ether oxygens (including phenoxy) is 2. The smallest absolute Gasteiger partial charge is 0.337 e. The van der Waals surface area contributed by atoms with Crippen LogP contribution in [0, 0.1) is 17.1 Å². The average molecular weight is 292 g/mol. The number of carbonyl (C=O) groups is 1. The molecule has 1 aromatic rings. The molecular weight excluding hydrogens is 275 g/mol. The van der Waals surface area contributed by atoms with Crippen LogP contribution in [0.5, 0.6) is 0 Å². The third kappa shape index (κ3) is 3.50. The molecule has 1 fully saturated rings. The van der Waals surface area contributed by atoms with E-state index in [1.54, 1.807) is 0 Å². The molecule has 0 radical (unpaired) electrons. The number of methoxy groups -OCH3 is 1. The number of nitrogens with zero attached hydrogens (tertiary/aromatic N) is 1. The van der Waals surface area contributed by atoms with E-state index in [-0.39, 0.29) is 11.3 Å². The Morgan fingerprint density at radius 3 is 2.86 bits per heavy atom. The van der Waals surface area contributed by atoms with Crippen molar-refractivity contribution < 1.29 is 18.7 Å². The second-order valence-electron chi connectivity index (χ2n) is 4.92. The normalized spacial score (nSPS) is 15.7. The molecule has 0 atom stereocenters. The molecule has 0 saturated heterocycles. The number of anilines is 1. The summed E-state index contributed by atoms with van der Waals surface area (Å²) in [5.74, 6) is -0.978. The molecule has 0 aliphatic heterocycles. The Kier molecular flexibility index (Phi) is 4.76. The van der Waals surface area contributed by atoms with Crippen LogP contribution in [-0.4, -0.2) is 31.8 Å². The highest BCUT2D eigenvalue weighted by atomic mass is 19.1. The van der Waals surface area contributed by atoms with Gasteiger partial charge in [0.25, 0.3) is 0 Å². The molecule has 0 spiro atoms. The van der Waals surface area contributed by atoms with Crippen LogP contribution in [0.25, 0.3) is 0 Å². The van der Waals surface area contributed by atoms with Gasteiger partial charge in [-0.25, -0.2) is 9.18 Å². The van der Waals surface area contributed by atoms with Crippen LogP contribution < -0.4 is 5.32 Å². The monoisotopic (exact) mass is 292 g/mol. The molecule has 112 valence electrons. The first-order valence-electron chi connectivity index (χ1n) is 6.77. The first-order valence-corrected chi connectivity index (χ1v) is 6.77. The topological polar surface area (TPSA) is 71.3 Å². The van der Waals surface area contributed by atoms with Crippen LogP contribution in [0.1, 0.15) is 29.6 Å². The molecule has 1 saturated carbocycles. The number of esters is 1. The minimum Gasteiger partial charge on any atom is -0.465 e. The number of nitriles is 1. The van der Waals surface area contributed by atoms with Crippen molar-refractivity contribution in [2.75, 3.05) is 25.6 Å². The molecule has 0 heterocycles. The fraction of sp³-hybridized carbons (Fsp3) is 0.467. The van der Waals surface area contributed by atoms with Crippen LogP contribution in [0.15, 0.2) is 18.2 Å². The maximum atomic E-state index is 13.6. The summed E-state index contributed by atoms with van der Waals surface area (Å²) in [5.41, 5.74) is -0.176. The summed E-state index contributed by atoms with van der Waals surface area (Å²) in [6.45, 7) is 0.653. The summed E-state index contributed by atoms with van der Waals surface area (Å²) >= 11 is 0. The zero-order valence-electron chi connectivity index (χ0n) is 11.8. The van der Waals surface area contributed by atoms with Crippen LogP contribution in [0.3, 0.4) is 0 Å². The summed E-state index contributed by atoms with van der Waals surface area (Å²) in [7, 11) is 1.27. The fourth-order valence-corrected chi connectivity index (χ4v) is 2.12. The van der Waals surface area contributed by atoms with E-state index in [0.717, 1.165) is 19.3 Å². The highest BCUT2D eigenvalue weighted by molar-refractivity contribution is 5.90. The predicted molar refractivity (Wildman–Crippen MR) is 74.4 cm³/mol. The fourth-order valence-electron chi connectivity index (χ4n) is 2.12. The Morgan fingerprint density at radius 2 is 2.29 bits per heavy atom. The maximum absolute atomic E-state index is 13.6. The van der Waals surface area contributed by atoms with E-state index < -0.39 is 17.4 Å². The highest BCUT2D eigenvalue weighted by Gasteiger charge is 2.38. The molecule has 1 aliphatic rings. The van der Waals surface area contributed by atoms with Crippen LogP contribution in [0.2, 0.25) is 0 Å². The van der Waals surface area contributed by atoms with Crippen molar-refractivity contribution in [1.29, 1.82) is 5.26 Å². The van der Waals surface area contributed by atoms with Gasteiger partial charge >= 0.3 is 5.97 Å². The quantitative estimate of drug-likeness (QED) is 0.644. The van der Waals surface area contributed by atoms with Gasteiger partial charge in [-0.2, -0.15) is 5.26 Å². The van der Waals surface area contributed by atoms with Crippen molar-refractivity contribution in [3.05, 3.63) is 29.6 Å². The lowest BCUT2D eigenvalue weighted by Gasteiger charge is -2.34. The minimum atomic E-state index is -0.659. The second kappa shape index (κ2) is 6.55. The maximum Gasteiger partial charge on any atom is 0.337 e.